The Balaban J connectivity index is 2.91. The smallest absolute Gasteiger partial charge is 0.242 e. The average Bonchev–Trinajstić information content (AvgIpc) is 2.40. The van der Waals surface area contributed by atoms with Gasteiger partial charge in [0.15, 0.2) is 0 Å². The first-order valence-electron chi connectivity index (χ1n) is 7.42. The van der Waals surface area contributed by atoms with Crippen LogP contribution < -0.4 is 10.0 Å². The summed E-state index contributed by atoms with van der Waals surface area (Å²) in [4.78, 5) is 0.155. The third-order valence-corrected chi connectivity index (χ3v) is 5.19. The van der Waals surface area contributed by atoms with E-state index in [1.54, 1.807) is 12.1 Å². The fourth-order valence-electron chi connectivity index (χ4n) is 2.09. The van der Waals surface area contributed by atoms with Crippen molar-refractivity contribution >= 4 is 21.6 Å². The van der Waals surface area contributed by atoms with Gasteiger partial charge in [-0.25, -0.2) is 13.1 Å². The highest BCUT2D eigenvalue weighted by molar-refractivity contribution is 7.89. The molecular formula is C15H25ClN2O2S. The van der Waals surface area contributed by atoms with Crippen molar-refractivity contribution < 1.29 is 8.42 Å². The summed E-state index contributed by atoms with van der Waals surface area (Å²) in [6.45, 7) is 7.51. The predicted molar refractivity (Wildman–Crippen MR) is 88.1 cm³/mol. The van der Waals surface area contributed by atoms with E-state index in [9.17, 15) is 8.42 Å². The lowest BCUT2D eigenvalue weighted by Gasteiger charge is -2.15. The van der Waals surface area contributed by atoms with Gasteiger partial charge in [-0.05, 0) is 44.0 Å². The minimum atomic E-state index is -3.58. The molecule has 1 aromatic carbocycles. The molecule has 1 rings (SSSR count). The number of hydrogen-bond acceptors (Lipinski definition) is 3. The molecule has 21 heavy (non-hydrogen) atoms. The van der Waals surface area contributed by atoms with E-state index in [1.807, 2.05) is 19.9 Å². The summed E-state index contributed by atoms with van der Waals surface area (Å²) in [5, 5.41) is 3.51. The van der Waals surface area contributed by atoms with Gasteiger partial charge < -0.3 is 5.32 Å². The van der Waals surface area contributed by atoms with Gasteiger partial charge in [-0.3, -0.25) is 0 Å². The largest absolute Gasteiger partial charge is 0.313 e. The number of sulfonamides is 1. The second-order valence-corrected chi connectivity index (χ2v) is 7.34. The highest BCUT2D eigenvalue weighted by Gasteiger charge is 2.20. The number of benzene rings is 1. The van der Waals surface area contributed by atoms with E-state index < -0.39 is 10.0 Å². The van der Waals surface area contributed by atoms with E-state index in [2.05, 4.69) is 17.0 Å². The molecule has 2 N–H and O–H groups in total. The molecule has 0 aliphatic rings. The number of rotatable bonds is 9. The number of nitrogens with one attached hydrogen (secondary N) is 2. The average molecular weight is 333 g/mol. The Morgan fingerprint density at radius 2 is 1.95 bits per heavy atom. The molecule has 0 saturated heterocycles. The summed E-state index contributed by atoms with van der Waals surface area (Å²) in [7, 11) is -3.58. The molecule has 0 bridgehead atoms. The Bertz CT molecular complexity index is 547. The quantitative estimate of drug-likeness (QED) is 0.682. The molecule has 0 radical (unpaired) electrons. The van der Waals surface area contributed by atoms with Gasteiger partial charge in [0.05, 0.1) is 5.02 Å². The summed E-state index contributed by atoms with van der Waals surface area (Å²) in [5.74, 6) is 0. The lowest BCUT2D eigenvalue weighted by Crippen LogP contribution is -2.32. The molecule has 0 fully saturated rings. The minimum Gasteiger partial charge on any atom is -0.313 e. The summed E-state index contributed by atoms with van der Waals surface area (Å²) < 4.78 is 27.5. The van der Waals surface area contributed by atoms with E-state index in [-0.39, 0.29) is 16.0 Å². The van der Waals surface area contributed by atoms with Crippen LogP contribution in [0.15, 0.2) is 23.1 Å². The summed E-state index contributed by atoms with van der Waals surface area (Å²) in [6, 6.07) is 5.03. The van der Waals surface area contributed by atoms with Crippen LogP contribution in [0.25, 0.3) is 0 Å². The van der Waals surface area contributed by atoms with Crippen LogP contribution in [-0.2, 0) is 16.6 Å². The molecular weight excluding hydrogens is 308 g/mol. The van der Waals surface area contributed by atoms with Crippen molar-refractivity contribution in [2.45, 2.75) is 57.5 Å². The monoisotopic (exact) mass is 332 g/mol. The molecule has 0 heterocycles. The molecule has 1 atom stereocenters. The molecule has 0 aromatic heterocycles. The van der Waals surface area contributed by atoms with Gasteiger partial charge in [0, 0.05) is 12.6 Å². The van der Waals surface area contributed by atoms with Crippen LogP contribution >= 0.6 is 11.6 Å². The lowest BCUT2D eigenvalue weighted by atomic mass is 10.2. The number of halogens is 1. The molecule has 0 aliphatic heterocycles. The SMILES string of the molecule is CCCNCc1ccc(Cl)c(S(=O)(=O)NC(C)CCC)c1. The molecule has 1 unspecified atom stereocenters. The van der Waals surface area contributed by atoms with Gasteiger partial charge in [0.2, 0.25) is 10.0 Å². The number of hydrogen-bond donors (Lipinski definition) is 2. The zero-order chi connectivity index (χ0) is 15.9. The molecule has 0 spiro atoms. The fourth-order valence-corrected chi connectivity index (χ4v) is 3.92. The van der Waals surface area contributed by atoms with Crippen LogP contribution in [-0.4, -0.2) is 21.0 Å². The summed E-state index contributed by atoms with van der Waals surface area (Å²) >= 11 is 6.06. The highest BCUT2D eigenvalue weighted by atomic mass is 35.5. The fraction of sp³-hybridized carbons (Fsp3) is 0.600. The van der Waals surface area contributed by atoms with Crippen LogP contribution in [0.4, 0.5) is 0 Å². The van der Waals surface area contributed by atoms with Crippen LogP contribution in [0, 0.1) is 0 Å². The Kier molecular flexibility index (Phi) is 7.66. The Morgan fingerprint density at radius 1 is 1.24 bits per heavy atom. The van der Waals surface area contributed by atoms with Crippen molar-refractivity contribution in [2.24, 2.45) is 0 Å². The summed E-state index contributed by atoms with van der Waals surface area (Å²) in [5.41, 5.74) is 0.913. The second-order valence-electron chi connectivity index (χ2n) is 5.25. The first-order chi connectivity index (χ1) is 9.90. The van der Waals surface area contributed by atoms with Gasteiger partial charge in [-0.2, -0.15) is 0 Å². The maximum atomic E-state index is 12.4. The third-order valence-electron chi connectivity index (χ3n) is 3.12. The second kappa shape index (κ2) is 8.73. The van der Waals surface area contributed by atoms with Gasteiger partial charge in [-0.15, -0.1) is 0 Å². The first kappa shape index (κ1) is 18.4. The standard InChI is InChI=1S/C15H25ClN2O2S/c1-4-6-12(3)18-21(19,20)15-10-13(7-8-14(15)16)11-17-9-5-2/h7-8,10,12,17-18H,4-6,9,11H2,1-3H3. The molecule has 0 saturated carbocycles. The molecule has 1 aromatic rings. The van der Waals surface area contributed by atoms with Crippen molar-refractivity contribution in [1.82, 2.24) is 10.0 Å². The van der Waals surface area contributed by atoms with Crippen LogP contribution in [0.1, 0.15) is 45.6 Å². The van der Waals surface area contributed by atoms with E-state index in [1.165, 1.54) is 0 Å². The molecule has 0 aliphatic carbocycles. The van der Waals surface area contributed by atoms with Gasteiger partial charge in [0.1, 0.15) is 4.90 Å². The summed E-state index contributed by atoms with van der Waals surface area (Å²) in [6.07, 6.45) is 2.77. The normalized spacial score (nSPS) is 13.3. The molecule has 0 amide bonds. The molecule has 6 heteroatoms. The first-order valence-corrected chi connectivity index (χ1v) is 9.28. The van der Waals surface area contributed by atoms with Crippen LogP contribution in [0.5, 0.6) is 0 Å². The van der Waals surface area contributed by atoms with E-state index in [0.29, 0.717) is 6.54 Å². The lowest BCUT2D eigenvalue weighted by molar-refractivity contribution is 0.543. The van der Waals surface area contributed by atoms with Crippen molar-refractivity contribution in [3.05, 3.63) is 28.8 Å². The van der Waals surface area contributed by atoms with E-state index in [0.717, 1.165) is 31.4 Å². The molecule has 120 valence electrons. The van der Waals surface area contributed by atoms with Crippen LogP contribution in [0.2, 0.25) is 5.02 Å². The Labute approximate surface area is 133 Å². The Hall–Kier alpha value is -0.620. The zero-order valence-electron chi connectivity index (χ0n) is 12.9. The topological polar surface area (TPSA) is 58.2 Å². The minimum absolute atomic E-state index is 0.0991. The zero-order valence-corrected chi connectivity index (χ0v) is 14.5. The van der Waals surface area contributed by atoms with Gasteiger partial charge >= 0.3 is 0 Å². The maximum absolute atomic E-state index is 12.4. The maximum Gasteiger partial charge on any atom is 0.242 e. The van der Waals surface area contributed by atoms with Crippen molar-refractivity contribution in [3.8, 4) is 0 Å². The van der Waals surface area contributed by atoms with Crippen molar-refractivity contribution in [1.29, 1.82) is 0 Å². The van der Waals surface area contributed by atoms with Crippen molar-refractivity contribution in [2.75, 3.05) is 6.54 Å². The third kappa shape index (κ3) is 5.94. The Morgan fingerprint density at radius 3 is 2.57 bits per heavy atom. The van der Waals surface area contributed by atoms with Crippen molar-refractivity contribution in [3.63, 3.8) is 0 Å². The van der Waals surface area contributed by atoms with Crippen LogP contribution in [0.3, 0.4) is 0 Å². The highest BCUT2D eigenvalue weighted by Crippen LogP contribution is 2.23. The van der Waals surface area contributed by atoms with Gasteiger partial charge in [-0.1, -0.05) is 37.9 Å². The van der Waals surface area contributed by atoms with E-state index >= 15 is 0 Å². The predicted octanol–water partition coefficient (Wildman–Crippen LogP) is 3.31. The van der Waals surface area contributed by atoms with E-state index in [4.69, 9.17) is 11.6 Å². The molecule has 4 nitrogen and oxygen atoms in total. The van der Waals surface area contributed by atoms with Gasteiger partial charge in [0.25, 0.3) is 0 Å².